The van der Waals surface area contributed by atoms with Crippen LogP contribution in [0.15, 0.2) is 24.4 Å². The number of aliphatic hydroxyl groups excluding tert-OH is 1. The van der Waals surface area contributed by atoms with E-state index >= 15 is 0 Å². The standard InChI is InChI=1S/C23H25N7O3/c1-14-16-5-7-20-17-12-15(4-6-19(17)25-26-20)18-13-24-29(3)23(18)33-11-9-28(2)22(32)21(16)30(27-14)8-10-31/h4-7,12-13,31H,8-11H2,1-3H3,(H,25,26)/b7-5+. The summed E-state index contributed by atoms with van der Waals surface area (Å²) in [4.78, 5) is 15.0. The zero-order valence-electron chi connectivity index (χ0n) is 18.7. The van der Waals surface area contributed by atoms with Gasteiger partial charge in [0.15, 0.2) is 0 Å². The van der Waals surface area contributed by atoms with Crippen molar-refractivity contribution in [2.45, 2.75) is 13.5 Å². The van der Waals surface area contributed by atoms with Crippen molar-refractivity contribution < 1.29 is 14.6 Å². The van der Waals surface area contributed by atoms with Crippen LogP contribution >= 0.6 is 0 Å². The van der Waals surface area contributed by atoms with E-state index in [0.717, 1.165) is 27.7 Å². The molecular formula is C23H25N7O3. The van der Waals surface area contributed by atoms with Crippen molar-refractivity contribution in [2.75, 3.05) is 26.8 Å². The number of hydrogen-bond acceptors (Lipinski definition) is 6. The molecule has 33 heavy (non-hydrogen) atoms. The Labute approximate surface area is 190 Å². The lowest BCUT2D eigenvalue weighted by atomic mass is 10.0. The van der Waals surface area contributed by atoms with Gasteiger partial charge in [0, 0.05) is 25.0 Å². The third kappa shape index (κ3) is 3.58. The highest BCUT2D eigenvalue weighted by Gasteiger charge is 2.24. The molecule has 0 aliphatic carbocycles. The van der Waals surface area contributed by atoms with E-state index in [1.54, 1.807) is 27.5 Å². The molecule has 4 aromatic rings. The predicted octanol–water partition coefficient (Wildman–Crippen LogP) is 2.10. The first-order valence-electron chi connectivity index (χ1n) is 10.7. The summed E-state index contributed by atoms with van der Waals surface area (Å²) in [6, 6.07) is 6.01. The number of carbonyl (C=O) groups excluding carboxylic acids is 1. The van der Waals surface area contributed by atoms with Gasteiger partial charge in [-0.05, 0) is 36.8 Å². The highest BCUT2D eigenvalue weighted by atomic mass is 16.5. The maximum atomic E-state index is 13.4. The molecular weight excluding hydrogens is 422 g/mol. The summed E-state index contributed by atoms with van der Waals surface area (Å²) in [5.41, 5.74) is 5.33. The summed E-state index contributed by atoms with van der Waals surface area (Å²) in [5.74, 6) is 0.440. The highest BCUT2D eigenvalue weighted by Crippen LogP contribution is 2.33. The number of benzene rings is 1. The molecule has 170 valence electrons. The smallest absolute Gasteiger partial charge is 0.272 e. The Balaban J connectivity index is 1.70. The van der Waals surface area contributed by atoms with E-state index in [-0.39, 0.29) is 19.1 Å². The van der Waals surface area contributed by atoms with Crippen molar-refractivity contribution in [3.05, 3.63) is 47.0 Å². The van der Waals surface area contributed by atoms with Gasteiger partial charge in [0.05, 0.1) is 48.4 Å². The van der Waals surface area contributed by atoms with E-state index in [1.807, 2.05) is 38.3 Å². The first kappa shape index (κ1) is 21.0. The van der Waals surface area contributed by atoms with E-state index in [1.165, 1.54) is 0 Å². The van der Waals surface area contributed by atoms with Crippen molar-refractivity contribution in [3.63, 3.8) is 0 Å². The van der Waals surface area contributed by atoms with Crippen LogP contribution < -0.4 is 4.74 Å². The van der Waals surface area contributed by atoms with Crippen LogP contribution in [0.3, 0.4) is 0 Å². The van der Waals surface area contributed by atoms with Crippen LogP contribution in [0.25, 0.3) is 34.2 Å². The van der Waals surface area contributed by atoms with Gasteiger partial charge in [-0.3, -0.25) is 14.6 Å². The summed E-state index contributed by atoms with van der Waals surface area (Å²) in [5, 5.41) is 26.8. The zero-order chi connectivity index (χ0) is 23.1. The Morgan fingerprint density at radius 3 is 2.91 bits per heavy atom. The normalized spacial score (nSPS) is 15.2. The SMILES string of the molecule is Cc1nn(CCO)c2c1/C=C/c1[nH]nc3ccc(cc13)-c1cnn(C)c1OCCN(C)C2=O. The van der Waals surface area contributed by atoms with Gasteiger partial charge in [0.1, 0.15) is 12.3 Å². The number of aromatic nitrogens is 6. The fourth-order valence-electron chi connectivity index (χ4n) is 4.13. The van der Waals surface area contributed by atoms with Crippen LogP contribution in [0.4, 0.5) is 0 Å². The number of aromatic amines is 1. The van der Waals surface area contributed by atoms with Gasteiger partial charge in [0.2, 0.25) is 5.88 Å². The third-order valence-corrected chi connectivity index (χ3v) is 5.90. The van der Waals surface area contributed by atoms with Crippen molar-refractivity contribution in [2.24, 2.45) is 7.05 Å². The molecule has 3 aromatic heterocycles. The molecule has 0 saturated heterocycles. The van der Waals surface area contributed by atoms with Crippen molar-refractivity contribution >= 4 is 29.0 Å². The zero-order valence-corrected chi connectivity index (χ0v) is 18.7. The van der Waals surface area contributed by atoms with Gasteiger partial charge < -0.3 is 14.7 Å². The minimum absolute atomic E-state index is 0.116. The molecule has 0 radical (unpaired) electrons. The average Bonchev–Trinajstić information content (AvgIpc) is 3.46. The molecule has 1 aromatic carbocycles. The van der Waals surface area contributed by atoms with Crippen LogP contribution in [0, 0.1) is 6.92 Å². The van der Waals surface area contributed by atoms with Crippen LogP contribution in [0.5, 0.6) is 5.88 Å². The maximum absolute atomic E-state index is 13.4. The second-order valence-electron chi connectivity index (χ2n) is 8.06. The van der Waals surface area contributed by atoms with Crippen LogP contribution in [-0.4, -0.2) is 72.5 Å². The van der Waals surface area contributed by atoms with Crippen molar-refractivity contribution in [3.8, 4) is 17.0 Å². The third-order valence-electron chi connectivity index (χ3n) is 5.90. The fourth-order valence-corrected chi connectivity index (χ4v) is 4.13. The maximum Gasteiger partial charge on any atom is 0.272 e. The molecule has 0 spiro atoms. The topological polar surface area (TPSA) is 114 Å². The van der Waals surface area contributed by atoms with E-state index < -0.39 is 0 Å². The quantitative estimate of drug-likeness (QED) is 0.486. The summed E-state index contributed by atoms with van der Waals surface area (Å²) < 4.78 is 9.33. The predicted molar refractivity (Wildman–Crippen MR) is 124 cm³/mol. The van der Waals surface area contributed by atoms with Crippen LogP contribution in [-0.2, 0) is 13.6 Å². The monoisotopic (exact) mass is 447 g/mol. The molecule has 1 amide bonds. The van der Waals surface area contributed by atoms with Gasteiger partial charge in [-0.2, -0.15) is 15.3 Å². The van der Waals surface area contributed by atoms with Gasteiger partial charge in [-0.25, -0.2) is 4.68 Å². The van der Waals surface area contributed by atoms with Gasteiger partial charge in [-0.1, -0.05) is 6.07 Å². The molecule has 1 aliphatic rings. The molecule has 10 heteroatoms. The number of aliphatic hydroxyl groups is 1. The van der Waals surface area contributed by atoms with E-state index in [9.17, 15) is 9.90 Å². The fraction of sp³-hybridized carbons (Fsp3) is 0.304. The Bertz CT molecular complexity index is 1380. The van der Waals surface area contributed by atoms with Crippen molar-refractivity contribution in [1.29, 1.82) is 0 Å². The number of nitrogens with zero attached hydrogens (tertiary/aromatic N) is 6. The lowest BCUT2D eigenvalue weighted by Gasteiger charge is -2.19. The molecule has 1 aliphatic heterocycles. The first-order valence-corrected chi connectivity index (χ1v) is 10.7. The number of carbonyl (C=O) groups is 1. The van der Waals surface area contributed by atoms with Gasteiger partial charge >= 0.3 is 0 Å². The molecule has 5 rings (SSSR count). The molecule has 4 heterocycles. The number of hydrogen-bond donors (Lipinski definition) is 2. The molecule has 0 atom stereocenters. The Morgan fingerprint density at radius 2 is 2.09 bits per heavy atom. The number of aryl methyl sites for hydroxylation is 2. The number of rotatable bonds is 2. The number of fused-ring (bicyclic) bond motifs is 4. The summed E-state index contributed by atoms with van der Waals surface area (Å²) >= 11 is 0. The van der Waals surface area contributed by atoms with E-state index in [4.69, 9.17) is 4.74 Å². The molecule has 0 unspecified atom stereocenters. The number of amides is 1. The number of likely N-dealkylation sites (N-methyl/N-ethyl adjacent to an activating group) is 1. The minimum Gasteiger partial charge on any atom is -0.476 e. The molecule has 0 saturated carbocycles. The van der Waals surface area contributed by atoms with E-state index in [2.05, 4.69) is 26.5 Å². The van der Waals surface area contributed by atoms with Crippen molar-refractivity contribution in [1.82, 2.24) is 34.7 Å². The minimum atomic E-state index is -0.192. The van der Waals surface area contributed by atoms with Gasteiger partial charge in [0.25, 0.3) is 5.91 Å². The van der Waals surface area contributed by atoms with E-state index in [0.29, 0.717) is 36.0 Å². The number of ether oxygens (including phenoxy) is 1. The van der Waals surface area contributed by atoms with Crippen LogP contribution in [0.1, 0.15) is 27.4 Å². The molecule has 2 N–H and O–H groups in total. The lowest BCUT2D eigenvalue weighted by Crippen LogP contribution is -2.33. The second-order valence-corrected chi connectivity index (χ2v) is 8.06. The second kappa shape index (κ2) is 8.21. The Hall–Kier alpha value is -3.92. The average molecular weight is 447 g/mol. The first-order chi connectivity index (χ1) is 16.0. The Morgan fingerprint density at radius 1 is 1.24 bits per heavy atom. The molecule has 0 fully saturated rings. The molecule has 10 nitrogen and oxygen atoms in total. The molecule has 2 bridgehead atoms. The summed E-state index contributed by atoms with van der Waals surface area (Å²) in [7, 11) is 3.56. The largest absolute Gasteiger partial charge is 0.476 e. The Kier molecular flexibility index (Phi) is 5.21. The highest BCUT2D eigenvalue weighted by molar-refractivity contribution is 5.99. The number of H-pyrrole nitrogens is 1. The lowest BCUT2D eigenvalue weighted by molar-refractivity contribution is 0.0757. The van der Waals surface area contributed by atoms with Gasteiger partial charge in [-0.15, -0.1) is 0 Å². The number of nitrogens with one attached hydrogen (secondary N) is 1. The van der Waals surface area contributed by atoms with Crippen LogP contribution in [0.2, 0.25) is 0 Å². The summed E-state index contributed by atoms with van der Waals surface area (Å²) in [6.07, 6.45) is 5.56. The summed E-state index contributed by atoms with van der Waals surface area (Å²) in [6.45, 7) is 2.64.